The van der Waals surface area contributed by atoms with Gasteiger partial charge in [-0.1, -0.05) is 28.1 Å². The van der Waals surface area contributed by atoms with E-state index in [0.717, 1.165) is 61.8 Å². The number of nitrogens with zero attached hydrogens (tertiary/aromatic N) is 2. The van der Waals surface area contributed by atoms with Gasteiger partial charge in [-0.2, -0.15) is 0 Å². The largest absolute Gasteiger partial charge is 0.494 e. The first-order chi connectivity index (χ1) is 18.0. The third-order valence-electron chi connectivity index (χ3n) is 9.63. The summed E-state index contributed by atoms with van der Waals surface area (Å²) in [5.41, 5.74) is 1.72. The van der Waals surface area contributed by atoms with E-state index in [1.807, 2.05) is 0 Å². The molecule has 0 radical (unpaired) electrons. The Morgan fingerprint density at radius 3 is 1.58 bits per heavy atom. The fraction of sp³-hybridized carbons (Fsp3) is 0.600. The van der Waals surface area contributed by atoms with Crippen LogP contribution in [-0.2, 0) is 9.31 Å². The zero-order chi connectivity index (χ0) is 27.1. The molecule has 3 fully saturated rings. The van der Waals surface area contributed by atoms with Crippen LogP contribution < -0.4 is 15.3 Å². The summed E-state index contributed by atoms with van der Waals surface area (Å²) in [7, 11) is -0.352. The molecule has 5 rings (SSSR count). The summed E-state index contributed by atoms with van der Waals surface area (Å²) in [5, 5.41) is 22.1. The number of aliphatic hydroxyl groups excluding tert-OH is 1. The maximum atomic E-state index is 11.7. The molecule has 3 saturated heterocycles. The van der Waals surface area contributed by atoms with Crippen molar-refractivity contribution in [1.29, 1.82) is 0 Å². The van der Waals surface area contributed by atoms with Crippen molar-refractivity contribution in [2.24, 2.45) is 11.8 Å². The molecule has 3 aliphatic heterocycles. The second kappa shape index (κ2) is 10.8. The maximum Gasteiger partial charge on any atom is 0.494 e. The highest BCUT2D eigenvalue weighted by atomic mass is 79.9. The van der Waals surface area contributed by atoms with E-state index in [1.165, 1.54) is 11.4 Å². The van der Waals surface area contributed by atoms with E-state index in [2.05, 4.69) is 102 Å². The van der Waals surface area contributed by atoms with Gasteiger partial charge in [0.15, 0.2) is 0 Å². The van der Waals surface area contributed by atoms with Gasteiger partial charge in [0.05, 0.1) is 23.4 Å². The summed E-state index contributed by atoms with van der Waals surface area (Å²) in [6.45, 7) is 11.7. The molecule has 2 aromatic carbocycles. The van der Waals surface area contributed by atoms with Gasteiger partial charge in [0.2, 0.25) is 0 Å². The molecule has 3 aliphatic rings. The molecular weight excluding hydrogens is 543 g/mol. The molecule has 6 nitrogen and oxygen atoms in total. The minimum absolute atomic E-state index is 0.108. The Bertz CT molecular complexity index is 1060. The Morgan fingerprint density at radius 1 is 0.789 bits per heavy atom. The number of halogens is 1. The van der Waals surface area contributed by atoms with Crippen molar-refractivity contribution in [3.63, 3.8) is 0 Å². The van der Waals surface area contributed by atoms with Crippen molar-refractivity contribution in [1.82, 2.24) is 0 Å². The number of hydrogen-bond donors (Lipinski definition) is 2. The Balaban J connectivity index is 1.16. The van der Waals surface area contributed by atoms with Crippen LogP contribution >= 0.6 is 15.9 Å². The molecule has 2 aromatic rings. The molecule has 3 heterocycles. The smallest absolute Gasteiger partial charge is 0.399 e. The van der Waals surface area contributed by atoms with Gasteiger partial charge in [0.25, 0.3) is 0 Å². The number of benzene rings is 2. The van der Waals surface area contributed by atoms with Crippen LogP contribution in [0.4, 0.5) is 11.4 Å². The fourth-order valence-corrected chi connectivity index (χ4v) is 6.60. The normalized spacial score (nSPS) is 24.0. The topological polar surface area (TPSA) is 65.4 Å². The van der Waals surface area contributed by atoms with Gasteiger partial charge >= 0.3 is 7.12 Å². The van der Waals surface area contributed by atoms with Crippen LogP contribution in [0.25, 0.3) is 0 Å². The van der Waals surface area contributed by atoms with Crippen LogP contribution in [0, 0.1) is 11.8 Å². The van der Waals surface area contributed by atoms with Crippen molar-refractivity contribution in [3.05, 3.63) is 53.0 Å². The molecule has 8 heteroatoms. The van der Waals surface area contributed by atoms with Crippen LogP contribution in [-0.4, -0.2) is 66.9 Å². The molecule has 0 bridgehead atoms. The highest BCUT2D eigenvalue weighted by molar-refractivity contribution is 9.10. The summed E-state index contributed by atoms with van der Waals surface area (Å²) in [6, 6.07) is 16.9. The van der Waals surface area contributed by atoms with E-state index in [4.69, 9.17) is 9.31 Å². The van der Waals surface area contributed by atoms with Crippen LogP contribution in [0.1, 0.15) is 53.4 Å². The molecule has 0 spiro atoms. The summed E-state index contributed by atoms with van der Waals surface area (Å²) in [4.78, 5) is 4.77. The second-order valence-corrected chi connectivity index (χ2v) is 13.2. The summed E-state index contributed by atoms with van der Waals surface area (Å²) < 4.78 is 13.5. The lowest BCUT2D eigenvalue weighted by atomic mass is 9.69. The highest BCUT2D eigenvalue weighted by Gasteiger charge is 2.51. The molecule has 0 saturated carbocycles. The molecule has 206 valence electrons. The van der Waals surface area contributed by atoms with Crippen LogP contribution in [0.15, 0.2) is 53.0 Å². The molecule has 2 N–H and O–H groups in total. The lowest BCUT2D eigenvalue weighted by Crippen LogP contribution is -2.55. The Morgan fingerprint density at radius 2 is 1.18 bits per heavy atom. The lowest BCUT2D eigenvalue weighted by molar-refractivity contribution is -0.117. The Labute approximate surface area is 236 Å². The van der Waals surface area contributed by atoms with Crippen molar-refractivity contribution >= 4 is 39.9 Å². The van der Waals surface area contributed by atoms with E-state index in [-0.39, 0.29) is 36.8 Å². The minimum atomic E-state index is -1.02. The third-order valence-corrected chi connectivity index (χ3v) is 10.2. The molecule has 1 unspecified atom stereocenters. The van der Waals surface area contributed by atoms with Crippen LogP contribution in [0.2, 0.25) is 0 Å². The number of piperidine rings is 2. The molecule has 0 aliphatic carbocycles. The van der Waals surface area contributed by atoms with Gasteiger partial charge in [-0.05, 0) is 107 Å². The first-order valence-electron chi connectivity index (χ1n) is 14.1. The molecule has 0 aromatic heterocycles. The average molecular weight is 585 g/mol. The zero-order valence-electron chi connectivity index (χ0n) is 23.2. The number of hydrogen-bond acceptors (Lipinski definition) is 6. The average Bonchev–Trinajstić information content (AvgIpc) is 3.15. The Hall–Kier alpha value is -1.58. The third kappa shape index (κ3) is 5.40. The Kier molecular flexibility index (Phi) is 7.93. The van der Waals surface area contributed by atoms with Gasteiger partial charge in [-0.25, -0.2) is 0 Å². The fourth-order valence-electron chi connectivity index (χ4n) is 6.34. The SMILES string of the molecule is CC1(C)OB(c2ccc(N3CCC(C(O)(CO)C4CCN(c5ccc(Br)cc5)CC4)CC3)cc2)OC1(C)C. The van der Waals surface area contributed by atoms with E-state index in [9.17, 15) is 10.2 Å². The van der Waals surface area contributed by atoms with Gasteiger partial charge in [0.1, 0.15) is 0 Å². The summed E-state index contributed by atoms with van der Waals surface area (Å²) in [5.74, 6) is 0.229. The van der Waals surface area contributed by atoms with Crippen LogP contribution in [0.3, 0.4) is 0 Å². The van der Waals surface area contributed by atoms with Crippen LogP contribution in [0.5, 0.6) is 0 Å². The van der Waals surface area contributed by atoms with E-state index >= 15 is 0 Å². The van der Waals surface area contributed by atoms with Crippen molar-refractivity contribution < 1.29 is 19.5 Å². The highest BCUT2D eigenvalue weighted by Crippen LogP contribution is 2.40. The van der Waals surface area contributed by atoms with E-state index in [0.29, 0.717) is 0 Å². The molecule has 0 amide bonds. The first kappa shape index (κ1) is 28.0. The summed E-state index contributed by atoms with van der Waals surface area (Å²) >= 11 is 3.51. The van der Waals surface area contributed by atoms with Crippen molar-refractivity contribution in [2.75, 3.05) is 42.6 Å². The van der Waals surface area contributed by atoms with Gasteiger partial charge in [-0.15, -0.1) is 0 Å². The van der Waals surface area contributed by atoms with E-state index in [1.54, 1.807) is 0 Å². The number of anilines is 2. The lowest BCUT2D eigenvalue weighted by Gasteiger charge is -2.48. The summed E-state index contributed by atoms with van der Waals surface area (Å²) in [6.07, 6.45) is 3.55. The monoisotopic (exact) mass is 584 g/mol. The van der Waals surface area contributed by atoms with Gasteiger partial charge < -0.3 is 29.3 Å². The van der Waals surface area contributed by atoms with Crippen molar-refractivity contribution in [3.8, 4) is 0 Å². The molecular formula is C30H42BBrN2O4. The van der Waals surface area contributed by atoms with Gasteiger partial charge in [-0.3, -0.25) is 0 Å². The number of rotatable bonds is 6. The van der Waals surface area contributed by atoms with Gasteiger partial charge in [0, 0.05) is 42.0 Å². The number of aliphatic hydroxyl groups is 2. The minimum Gasteiger partial charge on any atom is -0.399 e. The predicted octanol–water partition coefficient (Wildman–Crippen LogP) is 4.60. The maximum absolute atomic E-state index is 11.7. The predicted molar refractivity (Wildman–Crippen MR) is 158 cm³/mol. The second-order valence-electron chi connectivity index (χ2n) is 12.3. The quantitative estimate of drug-likeness (QED) is 0.484. The molecule has 1 atom stereocenters. The zero-order valence-corrected chi connectivity index (χ0v) is 24.8. The standard InChI is InChI=1S/C30H42BBrN2O4/c1-28(2)29(3,4)38-31(37-28)24-5-9-26(10-6-24)33-17-13-22(14-18-33)30(36,21-35)23-15-19-34(20-16-23)27-11-7-25(32)8-12-27/h5-12,22-23,35-36H,13-21H2,1-4H3. The molecule has 38 heavy (non-hydrogen) atoms. The first-order valence-corrected chi connectivity index (χ1v) is 14.9. The van der Waals surface area contributed by atoms with E-state index < -0.39 is 5.60 Å². The van der Waals surface area contributed by atoms with Crippen molar-refractivity contribution in [2.45, 2.75) is 70.2 Å².